The van der Waals surface area contributed by atoms with Crippen molar-refractivity contribution in [1.29, 1.82) is 0 Å². The van der Waals surface area contributed by atoms with Crippen molar-refractivity contribution in [3.8, 4) is 11.3 Å². The number of ether oxygens (including phenoxy) is 1. The SMILES string of the molecule is Cl.Nc1nc(N2CC(OCC(F)(F)F)C2)nnc1-c1cccc(Cl)c1Cl. The number of halogens is 6. The van der Waals surface area contributed by atoms with Crippen LogP contribution in [0.4, 0.5) is 24.9 Å². The summed E-state index contributed by atoms with van der Waals surface area (Å²) in [6.07, 6.45) is -4.88. The van der Waals surface area contributed by atoms with Crippen LogP contribution in [0.25, 0.3) is 11.3 Å². The van der Waals surface area contributed by atoms with Crippen LogP contribution in [0.5, 0.6) is 0 Å². The molecule has 1 fully saturated rings. The maximum Gasteiger partial charge on any atom is 0.411 e. The van der Waals surface area contributed by atoms with Crippen molar-refractivity contribution in [3.05, 3.63) is 28.2 Å². The molecule has 6 nitrogen and oxygen atoms in total. The quantitative estimate of drug-likeness (QED) is 0.798. The van der Waals surface area contributed by atoms with Crippen molar-refractivity contribution in [2.75, 3.05) is 30.3 Å². The molecule has 1 saturated heterocycles. The average molecular weight is 431 g/mol. The van der Waals surface area contributed by atoms with Crippen molar-refractivity contribution in [1.82, 2.24) is 15.2 Å². The fraction of sp³-hybridized carbons (Fsp3) is 0.357. The number of nitrogen functional groups attached to an aromatic ring is 1. The van der Waals surface area contributed by atoms with Gasteiger partial charge in [-0.15, -0.1) is 22.6 Å². The van der Waals surface area contributed by atoms with Gasteiger partial charge in [0.05, 0.1) is 16.1 Å². The van der Waals surface area contributed by atoms with E-state index in [2.05, 4.69) is 15.2 Å². The maximum absolute atomic E-state index is 12.1. The summed E-state index contributed by atoms with van der Waals surface area (Å²) < 4.78 is 41.1. The zero-order chi connectivity index (χ0) is 18.2. The van der Waals surface area contributed by atoms with Gasteiger partial charge in [-0.3, -0.25) is 0 Å². The van der Waals surface area contributed by atoms with E-state index in [1.807, 2.05) is 0 Å². The van der Waals surface area contributed by atoms with E-state index in [1.54, 1.807) is 23.1 Å². The molecule has 0 radical (unpaired) electrons. The van der Waals surface area contributed by atoms with E-state index in [0.717, 1.165) is 0 Å². The Morgan fingerprint density at radius 2 is 1.92 bits per heavy atom. The second kappa shape index (κ2) is 7.99. The van der Waals surface area contributed by atoms with Gasteiger partial charge in [0.1, 0.15) is 12.3 Å². The van der Waals surface area contributed by atoms with Crippen molar-refractivity contribution in [2.45, 2.75) is 12.3 Å². The summed E-state index contributed by atoms with van der Waals surface area (Å²) in [5, 5.41) is 8.60. The van der Waals surface area contributed by atoms with E-state index >= 15 is 0 Å². The maximum atomic E-state index is 12.1. The van der Waals surface area contributed by atoms with Crippen LogP contribution in [0.2, 0.25) is 10.0 Å². The lowest BCUT2D eigenvalue weighted by molar-refractivity contribution is -0.187. The molecule has 2 aromatic rings. The van der Waals surface area contributed by atoms with Gasteiger partial charge in [0, 0.05) is 18.7 Å². The summed E-state index contributed by atoms with van der Waals surface area (Å²) in [7, 11) is 0. The highest BCUT2D eigenvalue weighted by Crippen LogP contribution is 2.34. The van der Waals surface area contributed by atoms with E-state index in [9.17, 15) is 13.2 Å². The molecule has 0 unspecified atom stereocenters. The third-order valence-corrected chi connectivity index (χ3v) is 4.34. The zero-order valence-corrected chi connectivity index (χ0v) is 15.3. The number of aromatic nitrogens is 3. The topological polar surface area (TPSA) is 77.2 Å². The lowest BCUT2D eigenvalue weighted by Crippen LogP contribution is -2.53. The standard InChI is InChI=1S/C14H12Cl2F3N5O.ClH/c15-9-3-1-2-8(10(9)16)11-12(20)21-13(23-22-11)24-4-7(5-24)25-6-14(17,18)19;/h1-3,7H,4-6H2,(H2,20,21,23);1H. The molecule has 3 rings (SSSR count). The van der Waals surface area contributed by atoms with Crippen LogP contribution in [-0.2, 0) is 4.74 Å². The van der Waals surface area contributed by atoms with E-state index in [4.69, 9.17) is 33.7 Å². The number of nitrogens with two attached hydrogens (primary N) is 1. The third-order valence-electron chi connectivity index (χ3n) is 3.52. The van der Waals surface area contributed by atoms with E-state index in [-0.39, 0.29) is 48.0 Å². The predicted octanol–water partition coefficient (Wildman–Crippen LogP) is 3.62. The van der Waals surface area contributed by atoms with Crippen LogP contribution >= 0.6 is 35.6 Å². The minimum absolute atomic E-state index is 0. The molecular formula is C14H13Cl3F3N5O. The van der Waals surface area contributed by atoms with Crippen molar-refractivity contribution in [3.63, 3.8) is 0 Å². The van der Waals surface area contributed by atoms with Gasteiger partial charge < -0.3 is 15.4 Å². The molecule has 0 aliphatic carbocycles. The fourth-order valence-electron chi connectivity index (χ4n) is 2.26. The molecule has 0 atom stereocenters. The first-order valence-electron chi connectivity index (χ1n) is 7.12. The molecule has 0 spiro atoms. The smallest absolute Gasteiger partial charge is 0.382 e. The Bertz CT molecular complexity index is 787. The normalized spacial score (nSPS) is 14.7. The van der Waals surface area contributed by atoms with Crippen molar-refractivity contribution >= 4 is 47.4 Å². The van der Waals surface area contributed by atoms with Crippen LogP contribution in [0, 0.1) is 0 Å². The molecule has 2 heterocycles. The van der Waals surface area contributed by atoms with Crippen LogP contribution in [-0.4, -0.2) is 47.2 Å². The number of anilines is 2. The molecule has 1 aromatic carbocycles. The number of benzene rings is 1. The van der Waals surface area contributed by atoms with Crippen LogP contribution in [0.15, 0.2) is 18.2 Å². The summed E-state index contributed by atoms with van der Waals surface area (Å²) in [6.45, 7) is -0.818. The molecule has 2 N–H and O–H groups in total. The van der Waals surface area contributed by atoms with Gasteiger partial charge >= 0.3 is 6.18 Å². The summed E-state index contributed by atoms with van der Waals surface area (Å²) in [6, 6.07) is 5.00. The fourth-order valence-corrected chi connectivity index (χ4v) is 2.65. The van der Waals surface area contributed by atoms with Gasteiger partial charge in [-0.2, -0.15) is 18.2 Å². The largest absolute Gasteiger partial charge is 0.411 e. The number of alkyl halides is 3. The first kappa shape index (κ1) is 20.8. The van der Waals surface area contributed by atoms with Crippen molar-refractivity contribution in [2.24, 2.45) is 0 Å². The second-order valence-electron chi connectivity index (χ2n) is 5.40. The lowest BCUT2D eigenvalue weighted by atomic mass is 10.1. The zero-order valence-electron chi connectivity index (χ0n) is 13.0. The Labute approximate surface area is 162 Å². The van der Waals surface area contributed by atoms with E-state index < -0.39 is 18.9 Å². The molecule has 26 heavy (non-hydrogen) atoms. The van der Waals surface area contributed by atoms with Crippen molar-refractivity contribution < 1.29 is 17.9 Å². The Morgan fingerprint density at radius 1 is 1.23 bits per heavy atom. The Morgan fingerprint density at radius 3 is 2.54 bits per heavy atom. The summed E-state index contributed by atoms with van der Waals surface area (Å²) in [5.74, 6) is 0.306. The van der Waals surface area contributed by atoms with Crippen LogP contribution < -0.4 is 10.6 Å². The third kappa shape index (κ3) is 4.59. The van der Waals surface area contributed by atoms with Gasteiger partial charge in [-0.25, -0.2) is 0 Å². The predicted molar refractivity (Wildman–Crippen MR) is 95.0 cm³/mol. The Hall–Kier alpha value is -1.55. The monoisotopic (exact) mass is 429 g/mol. The molecule has 0 saturated carbocycles. The van der Waals surface area contributed by atoms with Crippen LogP contribution in [0.1, 0.15) is 0 Å². The minimum atomic E-state index is -4.35. The molecule has 1 aliphatic heterocycles. The highest BCUT2D eigenvalue weighted by Gasteiger charge is 2.35. The number of nitrogens with zero attached hydrogens (tertiary/aromatic N) is 4. The lowest BCUT2D eigenvalue weighted by Gasteiger charge is -2.38. The van der Waals surface area contributed by atoms with Gasteiger partial charge in [0.25, 0.3) is 0 Å². The highest BCUT2D eigenvalue weighted by molar-refractivity contribution is 6.43. The van der Waals surface area contributed by atoms with E-state index in [0.29, 0.717) is 10.6 Å². The Balaban J connectivity index is 0.00000243. The van der Waals surface area contributed by atoms with Crippen LogP contribution in [0.3, 0.4) is 0 Å². The first-order chi connectivity index (χ1) is 11.7. The molecule has 1 aromatic heterocycles. The summed E-state index contributed by atoms with van der Waals surface area (Å²) >= 11 is 12.1. The van der Waals surface area contributed by atoms with Gasteiger partial charge in [-0.1, -0.05) is 35.3 Å². The Kier molecular flexibility index (Phi) is 6.38. The summed E-state index contributed by atoms with van der Waals surface area (Å²) in [4.78, 5) is 5.76. The molecule has 12 heteroatoms. The van der Waals surface area contributed by atoms with Gasteiger partial charge in [0.15, 0.2) is 5.82 Å². The van der Waals surface area contributed by atoms with Gasteiger partial charge in [-0.05, 0) is 6.07 Å². The molecule has 0 bridgehead atoms. The molecule has 1 aliphatic rings. The molecular weight excluding hydrogens is 418 g/mol. The second-order valence-corrected chi connectivity index (χ2v) is 6.19. The summed E-state index contributed by atoms with van der Waals surface area (Å²) in [5.41, 5.74) is 6.69. The number of hydrogen-bond donors (Lipinski definition) is 1. The first-order valence-corrected chi connectivity index (χ1v) is 7.88. The number of rotatable bonds is 4. The number of hydrogen-bond acceptors (Lipinski definition) is 6. The minimum Gasteiger partial charge on any atom is -0.382 e. The molecule has 0 amide bonds. The highest BCUT2D eigenvalue weighted by atomic mass is 35.5. The van der Waals surface area contributed by atoms with E-state index in [1.165, 1.54) is 0 Å². The molecule has 142 valence electrons. The van der Waals surface area contributed by atoms with Gasteiger partial charge in [0.2, 0.25) is 5.95 Å². The average Bonchev–Trinajstić information content (AvgIpc) is 2.48.